The molecule has 1 aliphatic heterocycles. The number of nitrogens with one attached hydrogen (secondary N) is 1. The van der Waals surface area contributed by atoms with Crippen LogP contribution < -0.4 is 4.90 Å². The topological polar surface area (TPSA) is 90.9 Å². The van der Waals surface area contributed by atoms with Crippen molar-refractivity contribution < 1.29 is 4.21 Å². The molecule has 0 saturated carbocycles. The zero-order valence-corrected chi connectivity index (χ0v) is 17.3. The van der Waals surface area contributed by atoms with Gasteiger partial charge in [0.2, 0.25) is 0 Å². The number of pyridine rings is 1. The van der Waals surface area contributed by atoms with Crippen LogP contribution in [0, 0.1) is 0 Å². The third kappa shape index (κ3) is 3.57. The quantitative estimate of drug-likeness (QED) is 0.547. The van der Waals surface area contributed by atoms with E-state index in [-0.39, 0.29) is 0 Å². The number of piperazine rings is 1. The molecule has 1 fully saturated rings. The summed E-state index contributed by atoms with van der Waals surface area (Å²) in [4.78, 5) is 15.4. The second kappa shape index (κ2) is 7.92. The number of anilines is 1. The summed E-state index contributed by atoms with van der Waals surface area (Å²) in [6.07, 6.45) is 6.93. The Morgan fingerprint density at radius 2 is 1.90 bits per heavy atom. The molecular formula is C21H21N7OS. The van der Waals surface area contributed by atoms with Gasteiger partial charge in [-0.2, -0.15) is 5.10 Å². The second-order valence-corrected chi connectivity index (χ2v) is 8.54. The van der Waals surface area contributed by atoms with Gasteiger partial charge < -0.3 is 4.90 Å². The normalized spacial score (nSPS) is 16.1. The number of hydrogen-bond donors (Lipinski definition) is 1. The molecule has 8 nitrogen and oxygen atoms in total. The molecule has 1 saturated heterocycles. The number of H-pyrrole nitrogens is 1. The highest BCUT2D eigenvalue weighted by atomic mass is 32.2. The van der Waals surface area contributed by atoms with Crippen LogP contribution in [0.4, 0.5) is 5.82 Å². The Hall–Kier alpha value is -3.17. The summed E-state index contributed by atoms with van der Waals surface area (Å²) >= 11 is 0. The fourth-order valence-electron chi connectivity index (χ4n) is 3.75. The summed E-state index contributed by atoms with van der Waals surface area (Å²) in [5, 5.41) is 8.63. The van der Waals surface area contributed by atoms with E-state index < -0.39 is 11.0 Å². The van der Waals surface area contributed by atoms with Crippen LogP contribution in [0.15, 0.2) is 55.1 Å². The van der Waals surface area contributed by atoms with Crippen molar-refractivity contribution in [2.75, 3.05) is 37.3 Å². The zero-order valence-electron chi connectivity index (χ0n) is 16.5. The summed E-state index contributed by atoms with van der Waals surface area (Å²) in [7, 11) is -0.931. The van der Waals surface area contributed by atoms with Crippen molar-refractivity contribution in [3.05, 3.63) is 55.1 Å². The first-order valence-corrected chi connectivity index (χ1v) is 11.2. The predicted molar refractivity (Wildman–Crippen MR) is 118 cm³/mol. The highest BCUT2D eigenvalue weighted by molar-refractivity contribution is 7.81. The van der Waals surface area contributed by atoms with Gasteiger partial charge in [0, 0.05) is 61.8 Å². The van der Waals surface area contributed by atoms with Crippen molar-refractivity contribution in [1.82, 2.24) is 29.5 Å². The minimum Gasteiger partial charge on any atom is -0.354 e. The maximum Gasteiger partial charge on any atom is 0.132 e. The number of aromatic amines is 1. The molecule has 1 unspecified atom stereocenters. The lowest BCUT2D eigenvalue weighted by Gasteiger charge is -2.33. The molecule has 0 amide bonds. The Morgan fingerprint density at radius 1 is 1.03 bits per heavy atom. The van der Waals surface area contributed by atoms with Gasteiger partial charge in [-0.25, -0.2) is 18.5 Å². The largest absolute Gasteiger partial charge is 0.354 e. The highest BCUT2D eigenvalue weighted by Crippen LogP contribution is 2.30. The summed E-state index contributed by atoms with van der Waals surface area (Å²) < 4.78 is 13.7. The first kappa shape index (κ1) is 18.8. The molecule has 1 atom stereocenters. The van der Waals surface area contributed by atoms with Gasteiger partial charge in [0.1, 0.15) is 17.8 Å². The molecule has 9 heteroatoms. The van der Waals surface area contributed by atoms with Gasteiger partial charge in [-0.15, -0.1) is 0 Å². The molecule has 30 heavy (non-hydrogen) atoms. The van der Waals surface area contributed by atoms with Crippen LogP contribution in [0.1, 0.15) is 0 Å². The number of nitrogens with zero attached hydrogens (tertiary/aromatic N) is 6. The maximum atomic E-state index is 11.7. The fraction of sp³-hybridized carbons (Fsp3) is 0.238. The number of aromatic nitrogens is 5. The third-order valence-corrected chi connectivity index (χ3v) is 6.47. The van der Waals surface area contributed by atoms with Crippen LogP contribution in [-0.4, -0.2) is 66.1 Å². The van der Waals surface area contributed by atoms with Gasteiger partial charge in [-0.05, 0) is 23.8 Å². The minimum absolute atomic E-state index is 0.752. The van der Waals surface area contributed by atoms with E-state index in [1.165, 1.54) is 0 Å². The Kier molecular flexibility index (Phi) is 4.97. The van der Waals surface area contributed by atoms with Gasteiger partial charge in [-0.3, -0.25) is 10.1 Å². The first-order valence-electron chi connectivity index (χ1n) is 9.73. The van der Waals surface area contributed by atoms with Crippen LogP contribution in [0.25, 0.3) is 33.4 Å². The molecule has 0 radical (unpaired) electrons. The number of fused-ring (bicyclic) bond motifs is 1. The molecule has 1 N–H and O–H groups in total. The van der Waals surface area contributed by atoms with Gasteiger partial charge in [-0.1, -0.05) is 12.1 Å². The maximum absolute atomic E-state index is 11.7. The molecule has 0 bridgehead atoms. The fourth-order valence-corrected chi connectivity index (χ4v) is 4.42. The van der Waals surface area contributed by atoms with Crippen LogP contribution in [-0.2, 0) is 11.0 Å². The zero-order chi connectivity index (χ0) is 20.5. The molecule has 5 rings (SSSR count). The number of hydrogen-bond acceptors (Lipinski definition) is 6. The van der Waals surface area contributed by atoms with E-state index in [4.69, 9.17) is 0 Å². The average Bonchev–Trinajstić information content (AvgIpc) is 3.23. The third-order valence-electron chi connectivity index (χ3n) is 5.38. The van der Waals surface area contributed by atoms with Gasteiger partial charge in [0.05, 0.1) is 22.2 Å². The lowest BCUT2D eigenvalue weighted by atomic mass is 10.0. The lowest BCUT2D eigenvalue weighted by Crippen LogP contribution is -2.47. The smallest absolute Gasteiger partial charge is 0.132 e. The van der Waals surface area contributed by atoms with E-state index >= 15 is 0 Å². The molecule has 4 heterocycles. The molecule has 1 aliphatic rings. The summed E-state index contributed by atoms with van der Waals surface area (Å²) in [5.74, 6) is 0.862. The van der Waals surface area contributed by atoms with Gasteiger partial charge in [0.25, 0.3) is 0 Å². The van der Waals surface area contributed by atoms with Crippen molar-refractivity contribution in [2.24, 2.45) is 0 Å². The van der Waals surface area contributed by atoms with Crippen LogP contribution in [0.3, 0.4) is 0 Å². The van der Waals surface area contributed by atoms with Crippen molar-refractivity contribution >= 4 is 27.7 Å². The summed E-state index contributed by atoms with van der Waals surface area (Å²) in [5.41, 5.74) is 4.66. The van der Waals surface area contributed by atoms with Gasteiger partial charge in [0.15, 0.2) is 0 Å². The minimum atomic E-state index is -0.931. The summed E-state index contributed by atoms with van der Waals surface area (Å²) in [6.45, 7) is 3.06. The van der Waals surface area contributed by atoms with Gasteiger partial charge >= 0.3 is 0 Å². The standard InChI is InChI=1S/C21H21N7OS/c1-30(29)28-9-7-27(8-10-28)20-12-19(23-14-24-20)21-17-11-15(4-5-18(17)25-26-21)16-3-2-6-22-13-16/h2-6,11-14H,7-10H2,1H3,(H,25,26). The van der Waals surface area contributed by atoms with E-state index in [0.29, 0.717) is 0 Å². The molecular weight excluding hydrogens is 398 g/mol. The van der Waals surface area contributed by atoms with Crippen molar-refractivity contribution in [3.8, 4) is 22.5 Å². The van der Waals surface area contributed by atoms with E-state index in [0.717, 1.165) is 65.4 Å². The van der Waals surface area contributed by atoms with Crippen molar-refractivity contribution in [2.45, 2.75) is 0 Å². The highest BCUT2D eigenvalue weighted by Gasteiger charge is 2.21. The van der Waals surface area contributed by atoms with E-state index in [2.05, 4.69) is 42.2 Å². The van der Waals surface area contributed by atoms with E-state index in [9.17, 15) is 4.21 Å². The molecule has 152 valence electrons. The monoisotopic (exact) mass is 419 g/mol. The lowest BCUT2D eigenvalue weighted by molar-refractivity contribution is 0.411. The number of benzene rings is 1. The average molecular weight is 420 g/mol. The molecule has 4 aromatic rings. The van der Waals surface area contributed by atoms with E-state index in [1.807, 2.05) is 34.8 Å². The molecule has 1 aromatic carbocycles. The summed E-state index contributed by atoms with van der Waals surface area (Å²) in [6, 6.07) is 12.2. The molecule has 3 aromatic heterocycles. The Balaban J connectivity index is 1.47. The van der Waals surface area contributed by atoms with Crippen molar-refractivity contribution in [3.63, 3.8) is 0 Å². The SMILES string of the molecule is CS(=O)N1CCN(c2cc(-c3n[nH]c4ccc(-c5cccnc5)cc34)ncn2)CC1. The molecule has 0 aliphatic carbocycles. The van der Waals surface area contributed by atoms with E-state index in [1.54, 1.807) is 18.8 Å². The second-order valence-electron chi connectivity index (χ2n) is 7.18. The van der Waals surface area contributed by atoms with Crippen LogP contribution in [0.2, 0.25) is 0 Å². The van der Waals surface area contributed by atoms with Crippen molar-refractivity contribution in [1.29, 1.82) is 0 Å². The Bertz CT molecular complexity index is 1200. The molecule has 0 spiro atoms. The Labute approximate surface area is 176 Å². The predicted octanol–water partition coefficient (Wildman–Crippen LogP) is 2.50. The number of rotatable bonds is 4. The Morgan fingerprint density at radius 3 is 2.67 bits per heavy atom. The van der Waals surface area contributed by atoms with Crippen LogP contribution >= 0.6 is 0 Å². The van der Waals surface area contributed by atoms with Crippen LogP contribution in [0.5, 0.6) is 0 Å². The first-order chi connectivity index (χ1) is 14.7.